The molecule has 5 aromatic carbocycles. The Bertz CT molecular complexity index is 4780. The van der Waals surface area contributed by atoms with Crippen molar-refractivity contribution in [3.8, 4) is 11.4 Å². The Balaban J connectivity index is 0.000000140. The zero-order valence-corrected chi connectivity index (χ0v) is 54.3. The number of carbonyl (C=O) groups excluding carboxylic acids is 2. The molecule has 2 aliphatic heterocycles. The molecular weight excluding hydrogens is 1190 g/mol. The first-order valence-electron chi connectivity index (χ1n) is 30.9. The number of nitrogens with two attached hydrogens (primary N) is 1. The van der Waals surface area contributed by atoms with Crippen molar-refractivity contribution in [2.45, 2.75) is 45.3 Å². The minimum Gasteiger partial charge on any atom is -0.393 e. The average Bonchev–Trinajstić information content (AvgIpc) is 1.60. The number of carbonyl (C=O) groups is 2. The molecular formula is C72H74N16O2S2. The minimum absolute atomic E-state index is 0.0645. The van der Waals surface area contributed by atoms with Crippen molar-refractivity contribution in [1.29, 1.82) is 0 Å². The van der Waals surface area contributed by atoms with Gasteiger partial charge in [0.25, 0.3) is 11.8 Å². The summed E-state index contributed by atoms with van der Waals surface area (Å²) in [4.78, 5) is 42.7. The summed E-state index contributed by atoms with van der Waals surface area (Å²) in [5, 5.41) is 25.9. The lowest BCUT2D eigenvalue weighted by atomic mass is 9.98. The number of nitrogens with zero attached hydrogens (tertiary/aromatic N) is 13. The van der Waals surface area contributed by atoms with Gasteiger partial charge in [-0.15, -0.1) is 0 Å². The smallest absolute Gasteiger partial charge is 0.257 e. The van der Waals surface area contributed by atoms with E-state index in [9.17, 15) is 9.59 Å². The molecule has 0 atom stereocenters. The van der Waals surface area contributed by atoms with Gasteiger partial charge in [0, 0.05) is 101 Å². The molecule has 7 aromatic heterocycles. The van der Waals surface area contributed by atoms with Crippen molar-refractivity contribution in [1.82, 2.24) is 73.8 Å². The van der Waals surface area contributed by atoms with Crippen LogP contribution in [0.4, 0.5) is 0 Å². The van der Waals surface area contributed by atoms with Gasteiger partial charge in [-0.25, -0.2) is 0 Å². The molecule has 0 aliphatic carbocycles. The highest BCUT2D eigenvalue weighted by Gasteiger charge is 2.35. The third-order valence-electron chi connectivity index (χ3n) is 16.5. The Morgan fingerprint density at radius 3 is 1.40 bits per heavy atom. The van der Waals surface area contributed by atoms with Crippen LogP contribution in [0.2, 0.25) is 0 Å². The monoisotopic (exact) mass is 1260 g/mol. The van der Waals surface area contributed by atoms with Crippen LogP contribution in [0.15, 0.2) is 183 Å². The molecule has 2 amide bonds. The van der Waals surface area contributed by atoms with Gasteiger partial charge in [0.1, 0.15) is 10.7 Å². The lowest BCUT2D eigenvalue weighted by molar-refractivity contribution is -0.115. The minimum atomic E-state index is -0.208. The topological polar surface area (TPSA) is 183 Å². The number of aryl methyl sites for hydroxylation is 3. The summed E-state index contributed by atoms with van der Waals surface area (Å²) in [5.74, 6) is -0.273. The summed E-state index contributed by atoms with van der Waals surface area (Å²) in [7, 11) is 12.5. The third kappa shape index (κ3) is 13.1. The number of hydrogen-bond acceptors (Lipinski definition) is 12. The zero-order chi connectivity index (χ0) is 64.0. The summed E-state index contributed by atoms with van der Waals surface area (Å²) in [6.07, 6.45) is 14.8. The van der Waals surface area contributed by atoms with E-state index in [0.717, 1.165) is 158 Å². The highest BCUT2D eigenvalue weighted by atomic mass is 32.1. The number of benzene rings is 5. The van der Waals surface area contributed by atoms with E-state index in [4.69, 9.17) is 40.4 Å². The van der Waals surface area contributed by atoms with E-state index in [0.29, 0.717) is 39.7 Å². The second-order valence-electron chi connectivity index (χ2n) is 23.8. The van der Waals surface area contributed by atoms with E-state index in [1.165, 1.54) is 0 Å². The van der Waals surface area contributed by atoms with Gasteiger partial charge >= 0.3 is 0 Å². The molecule has 18 nitrogen and oxygen atoms in total. The van der Waals surface area contributed by atoms with Crippen LogP contribution in [0.1, 0.15) is 47.5 Å². The normalized spacial score (nSPS) is 13.4. The zero-order valence-electron chi connectivity index (χ0n) is 52.6. The second kappa shape index (κ2) is 27.7. The number of hydrogen-bond donors (Lipinski definition) is 3. The van der Waals surface area contributed by atoms with Crippen LogP contribution in [-0.2, 0) is 35.6 Å². The fourth-order valence-corrected chi connectivity index (χ4v) is 12.8. The predicted octanol–water partition coefficient (Wildman–Crippen LogP) is 10.9. The summed E-state index contributed by atoms with van der Waals surface area (Å²) >= 11 is 10.7. The maximum absolute atomic E-state index is 13.4. The Hall–Kier alpha value is -9.83. The number of fused-ring (bicyclic) bond motifs is 5. The molecule has 20 heteroatoms. The first-order valence-corrected chi connectivity index (χ1v) is 31.8. The van der Waals surface area contributed by atoms with Crippen molar-refractivity contribution >= 4 is 123 Å². The van der Waals surface area contributed by atoms with Crippen molar-refractivity contribution in [2.75, 3.05) is 68.5 Å². The SMILES string of the molecule is CN(C)CCCn1nc(C2=C(c3cn(-c4cccnc4)c4ccccc34)C(=O)NC2)c2ccccc21.CN(C)CCCn1nc(C2=C(c3cn(-c4cccnc4)c4ccccc34)C(=O)NC2=S)c2ccccc21.CN(C)CCCn1nc(CC(N)=S)c2ccccc21. The molecule has 0 radical (unpaired) electrons. The highest BCUT2D eigenvalue weighted by molar-refractivity contribution is 7.81. The Morgan fingerprint density at radius 2 is 0.924 bits per heavy atom. The molecule has 2 aliphatic rings. The first-order chi connectivity index (χ1) is 44.7. The molecule has 466 valence electrons. The van der Waals surface area contributed by atoms with Crippen LogP contribution >= 0.6 is 24.4 Å². The van der Waals surface area contributed by atoms with Crippen molar-refractivity contribution < 1.29 is 9.59 Å². The largest absolute Gasteiger partial charge is 0.393 e. The Morgan fingerprint density at radius 1 is 0.500 bits per heavy atom. The van der Waals surface area contributed by atoms with Crippen LogP contribution in [0.5, 0.6) is 0 Å². The third-order valence-corrected chi connectivity index (χ3v) is 17.0. The summed E-state index contributed by atoms with van der Waals surface area (Å²) in [6, 6.07) is 48.8. The van der Waals surface area contributed by atoms with Gasteiger partial charge in [-0.05, 0) is 136 Å². The molecule has 92 heavy (non-hydrogen) atoms. The van der Waals surface area contributed by atoms with Gasteiger partial charge in [0.2, 0.25) is 0 Å². The number of aromatic nitrogens is 10. The van der Waals surface area contributed by atoms with E-state index in [1.807, 2.05) is 120 Å². The molecule has 0 spiro atoms. The average molecular weight is 1260 g/mol. The van der Waals surface area contributed by atoms with Gasteiger partial charge in [0.15, 0.2) is 0 Å². The summed E-state index contributed by atoms with van der Waals surface area (Å²) in [6.45, 7) is 5.97. The standard InChI is InChI=1S/C29H26N6OS.C29H28N6O.C14H20N4S/c1-33(2)15-8-16-35-24-13-6-4-11-21(24)27(32-35)26-25(28(36)31-29(26)37)22-18-34(19-9-7-14-30-17-19)23-12-5-3-10-20(22)23;1-33(2)15-8-16-35-26-13-6-4-11-22(26)28(32-35)23-18-31-29(36)27(23)24-19-34(20-9-7-14-30-17-20)25-12-5-3-10-21(24)25;1-17(2)8-5-9-18-13-7-4-3-6-11(13)12(16-18)10-14(15)19/h3-7,9-14,17-18H,8,15-16H2,1-2H3,(H,31,36,37);3-7,9-14,17,19H,8,15-16,18H2,1-2H3,(H,31,36);3-4,6-7H,5,8-10H2,1-2H3,(H2,15,19). The van der Waals surface area contributed by atoms with E-state index in [1.54, 1.807) is 12.4 Å². The summed E-state index contributed by atoms with van der Waals surface area (Å²) < 4.78 is 10.3. The molecule has 12 aromatic rings. The summed E-state index contributed by atoms with van der Waals surface area (Å²) in [5.41, 5.74) is 20.0. The van der Waals surface area contributed by atoms with E-state index >= 15 is 0 Å². The van der Waals surface area contributed by atoms with Gasteiger partial charge in [-0.1, -0.05) is 115 Å². The van der Waals surface area contributed by atoms with Gasteiger partial charge in [0.05, 0.1) is 84.4 Å². The quantitative estimate of drug-likeness (QED) is 0.0614. The van der Waals surface area contributed by atoms with Gasteiger partial charge in [-0.3, -0.25) is 33.6 Å². The number of amides is 2. The van der Waals surface area contributed by atoms with Gasteiger partial charge < -0.3 is 40.2 Å². The number of nitrogens with one attached hydrogen (secondary N) is 2. The second-order valence-corrected chi connectivity index (χ2v) is 24.8. The van der Waals surface area contributed by atoms with Crippen LogP contribution in [0.25, 0.3) is 88.2 Å². The Labute approximate surface area is 545 Å². The molecule has 9 heterocycles. The number of thiocarbonyl (C=S) groups is 2. The molecule has 14 rings (SSSR count). The maximum atomic E-state index is 13.4. The van der Waals surface area contributed by atoms with Crippen molar-refractivity contribution in [3.63, 3.8) is 0 Å². The molecule has 0 fully saturated rings. The molecule has 0 saturated heterocycles. The maximum Gasteiger partial charge on any atom is 0.257 e. The molecule has 0 bridgehead atoms. The van der Waals surface area contributed by atoms with Gasteiger partial charge in [-0.2, -0.15) is 15.3 Å². The van der Waals surface area contributed by atoms with Crippen LogP contribution in [-0.4, -0.2) is 153 Å². The fourth-order valence-electron chi connectivity index (χ4n) is 12.4. The van der Waals surface area contributed by atoms with E-state index < -0.39 is 0 Å². The molecule has 0 saturated carbocycles. The number of rotatable bonds is 20. The van der Waals surface area contributed by atoms with Crippen LogP contribution in [0.3, 0.4) is 0 Å². The first kappa shape index (κ1) is 62.4. The number of para-hydroxylation sites is 5. The Kier molecular flexibility index (Phi) is 18.8. The van der Waals surface area contributed by atoms with Crippen LogP contribution < -0.4 is 16.4 Å². The predicted molar refractivity (Wildman–Crippen MR) is 379 cm³/mol. The van der Waals surface area contributed by atoms with Crippen molar-refractivity contribution in [2.24, 2.45) is 5.73 Å². The van der Waals surface area contributed by atoms with Crippen molar-refractivity contribution in [3.05, 3.63) is 211 Å². The fraction of sp³-hybridized carbons (Fsp3) is 0.236. The van der Waals surface area contributed by atoms with E-state index in [2.05, 4.69) is 156 Å². The molecule has 0 unspecified atom stereocenters. The lowest BCUT2D eigenvalue weighted by Gasteiger charge is -2.09. The molecule has 4 N–H and O–H groups in total. The van der Waals surface area contributed by atoms with Crippen LogP contribution in [0, 0.1) is 0 Å². The number of pyridine rings is 2. The highest BCUT2D eigenvalue weighted by Crippen LogP contribution is 2.41. The van der Waals surface area contributed by atoms with E-state index in [-0.39, 0.29) is 11.8 Å². The lowest BCUT2D eigenvalue weighted by Crippen LogP contribution is -2.21.